The summed E-state index contributed by atoms with van der Waals surface area (Å²) in [5.41, 5.74) is 2.69. The molecule has 0 spiro atoms. The smallest absolute Gasteiger partial charge is 0.276 e. The molecule has 30 heavy (non-hydrogen) atoms. The van der Waals surface area contributed by atoms with Crippen LogP contribution in [0.1, 0.15) is 25.6 Å². The number of hydrazone groups is 1. The number of nitrogens with zero attached hydrogens (tertiary/aromatic N) is 4. The van der Waals surface area contributed by atoms with Gasteiger partial charge in [0.05, 0.1) is 5.36 Å². The number of carbonyl (C=O) groups is 1. The number of hydrogen-bond donors (Lipinski definition) is 1. The highest BCUT2D eigenvalue weighted by Gasteiger charge is 2.34. The van der Waals surface area contributed by atoms with E-state index in [-0.39, 0.29) is 5.91 Å². The Bertz CT molecular complexity index is 1110. The second-order valence-corrected chi connectivity index (χ2v) is 7.94. The number of anilines is 1. The van der Waals surface area contributed by atoms with Crippen LogP contribution in [-0.2, 0) is 4.79 Å². The number of hydrogen-bond acceptors (Lipinski definition) is 6. The molecule has 1 amide bonds. The Morgan fingerprint density at radius 1 is 1.17 bits per heavy atom. The van der Waals surface area contributed by atoms with Gasteiger partial charge in [-0.2, -0.15) is 0 Å². The second kappa shape index (κ2) is 8.75. The van der Waals surface area contributed by atoms with E-state index in [9.17, 15) is 4.79 Å². The summed E-state index contributed by atoms with van der Waals surface area (Å²) in [6.07, 6.45) is 1.39. The van der Waals surface area contributed by atoms with E-state index in [1.165, 1.54) is 17.4 Å². The van der Waals surface area contributed by atoms with E-state index in [1.807, 2.05) is 24.3 Å². The highest BCUT2D eigenvalue weighted by Crippen LogP contribution is 2.31. The van der Waals surface area contributed by atoms with E-state index in [1.54, 1.807) is 11.1 Å². The van der Waals surface area contributed by atoms with Gasteiger partial charge in [-0.05, 0) is 37.6 Å². The van der Waals surface area contributed by atoms with Crippen LogP contribution < -0.4 is 20.8 Å². The molecular weight excluding hydrogens is 394 g/mol. The summed E-state index contributed by atoms with van der Waals surface area (Å²) >= 11 is 1.44. The van der Waals surface area contributed by atoms with Gasteiger partial charge in [0.15, 0.2) is 11.3 Å². The van der Waals surface area contributed by atoms with Crippen LogP contribution in [0, 0.1) is 0 Å². The number of nitrogens with one attached hydrogen (secondary N) is 1. The molecule has 7 heteroatoms. The fraction of sp³-hybridized carbons (Fsp3) is 0.261. The Kier molecular flexibility index (Phi) is 5.90. The number of carbonyl (C=O) groups excluding carboxylic acids is 1. The van der Waals surface area contributed by atoms with Crippen LogP contribution in [0.3, 0.4) is 0 Å². The van der Waals surface area contributed by atoms with Gasteiger partial charge in [-0.25, -0.2) is 5.01 Å². The van der Waals surface area contributed by atoms with E-state index >= 15 is 0 Å². The molecule has 154 valence electrons. The van der Waals surface area contributed by atoms with Crippen LogP contribution >= 0.6 is 11.8 Å². The van der Waals surface area contributed by atoms with Gasteiger partial charge in [-0.3, -0.25) is 15.1 Å². The summed E-state index contributed by atoms with van der Waals surface area (Å²) in [4.78, 5) is 20.2. The van der Waals surface area contributed by atoms with Crippen molar-refractivity contribution in [3.8, 4) is 0 Å². The fourth-order valence-corrected chi connectivity index (χ4v) is 4.28. The van der Waals surface area contributed by atoms with Crippen molar-refractivity contribution < 1.29 is 4.79 Å². The number of benzene rings is 2. The van der Waals surface area contributed by atoms with Crippen molar-refractivity contribution in [3.63, 3.8) is 0 Å². The molecule has 4 rings (SSSR count). The maximum Gasteiger partial charge on any atom is 0.276 e. The van der Waals surface area contributed by atoms with E-state index in [4.69, 9.17) is 10.1 Å². The van der Waals surface area contributed by atoms with E-state index in [0.717, 1.165) is 29.2 Å². The summed E-state index contributed by atoms with van der Waals surface area (Å²) in [6, 6.07) is 16.1. The highest BCUT2D eigenvalue weighted by atomic mass is 32.2. The van der Waals surface area contributed by atoms with Crippen molar-refractivity contribution in [2.75, 3.05) is 23.7 Å². The summed E-state index contributed by atoms with van der Waals surface area (Å²) in [5.74, 6) is 0.503. The van der Waals surface area contributed by atoms with Gasteiger partial charge in [0, 0.05) is 29.7 Å². The molecule has 0 aromatic heterocycles. The molecule has 1 N–H and O–H groups in total. The zero-order valence-corrected chi connectivity index (χ0v) is 18.0. The lowest BCUT2D eigenvalue weighted by Gasteiger charge is -2.34. The lowest BCUT2D eigenvalue weighted by molar-refractivity contribution is -0.116. The Balaban J connectivity index is 1.80. The molecule has 6 nitrogen and oxygen atoms in total. The Morgan fingerprint density at radius 3 is 2.60 bits per heavy atom. The minimum absolute atomic E-state index is 0.163. The monoisotopic (exact) mass is 419 g/mol. The predicted octanol–water partition coefficient (Wildman–Crippen LogP) is 2.60. The summed E-state index contributed by atoms with van der Waals surface area (Å²) < 4.78 is 0. The zero-order valence-electron chi connectivity index (χ0n) is 17.2. The first-order valence-electron chi connectivity index (χ1n) is 10.1. The third kappa shape index (κ3) is 3.73. The highest BCUT2D eigenvalue weighted by molar-refractivity contribution is 8.14. The van der Waals surface area contributed by atoms with Crippen LogP contribution in [-0.4, -0.2) is 34.9 Å². The summed E-state index contributed by atoms with van der Waals surface area (Å²) in [7, 11) is 0. The molecule has 2 aliphatic heterocycles. The molecule has 0 radical (unpaired) electrons. The Morgan fingerprint density at radius 2 is 1.90 bits per heavy atom. The first kappa shape index (κ1) is 20.2. The normalized spacial score (nSPS) is 17.3. The molecule has 0 unspecified atom stereocenters. The molecule has 2 aromatic carbocycles. The van der Waals surface area contributed by atoms with E-state index in [2.05, 4.69) is 54.9 Å². The topological polar surface area (TPSA) is 60.3 Å². The third-order valence-electron chi connectivity index (χ3n) is 5.17. The van der Waals surface area contributed by atoms with Gasteiger partial charge < -0.3 is 4.90 Å². The van der Waals surface area contributed by atoms with Crippen molar-refractivity contribution in [1.82, 2.24) is 10.3 Å². The van der Waals surface area contributed by atoms with Gasteiger partial charge in [0.2, 0.25) is 0 Å². The average molecular weight is 420 g/mol. The van der Waals surface area contributed by atoms with Gasteiger partial charge in [-0.1, -0.05) is 48.2 Å². The number of para-hydroxylation sites is 1. The van der Waals surface area contributed by atoms with Gasteiger partial charge >= 0.3 is 0 Å². The van der Waals surface area contributed by atoms with Crippen molar-refractivity contribution in [1.29, 1.82) is 0 Å². The van der Waals surface area contributed by atoms with Crippen LogP contribution in [0.2, 0.25) is 0 Å². The van der Waals surface area contributed by atoms with Gasteiger partial charge in [0.1, 0.15) is 5.70 Å². The summed E-state index contributed by atoms with van der Waals surface area (Å²) in [6.45, 7) is 9.95. The number of thioether (sulfide) groups is 1. The van der Waals surface area contributed by atoms with Crippen LogP contribution in [0.4, 0.5) is 5.69 Å². The standard InChI is InChI=1S/C23H25N5OS/c1-4-15-30-23-25-22(29)20-18-9-7-8-10-19(18)24-21(28(20)26-23)16-11-13-17(14-12-16)27(5-2)6-3/h4,7-14,21H,1,5-6,15H2,2-3H3,(H,25,26,29)/t21-/m0/s1. The van der Waals surface area contributed by atoms with Crippen molar-refractivity contribution in [3.05, 3.63) is 77.3 Å². The second-order valence-electron chi connectivity index (χ2n) is 6.94. The number of amidine groups is 1. The largest absolute Gasteiger partial charge is 0.372 e. The van der Waals surface area contributed by atoms with Crippen molar-refractivity contribution >= 4 is 34.2 Å². The van der Waals surface area contributed by atoms with Crippen molar-refractivity contribution in [2.45, 2.75) is 20.0 Å². The van der Waals surface area contributed by atoms with Crippen LogP contribution in [0.25, 0.3) is 5.70 Å². The predicted molar refractivity (Wildman–Crippen MR) is 123 cm³/mol. The quantitative estimate of drug-likeness (QED) is 0.732. The molecule has 2 aromatic rings. The van der Waals surface area contributed by atoms with Crippen LogP contribution in [0.5, 0.6) is 0 Å². The minimum atomic E-state index is -0.397. The molecule has 2 aliphatic rings. The van der Waals surface area contributed by atoms with E-state index in [0.29, 0.717) is 16.6 Å². The van der Waals surface area contributed by atoms with Gasteiger partial charge in [-0.15, -0.1) is 11.7 Å². The number of fused-ring (bicyclic) bond motifs is 2. The molecular formula is C23H25N5OS. The number of rotatable bonds is 6. The Labute approximate surface area is 180 Å². The summed E-state index contributed by atoms with van der Waals surface area (Å²) in [5, 5.41) is 11.5. The Hall–Kier alpha value is -3.06. The molecule has 0 bridgehead atoms. The number of amides is 1. The SMILES string of the molecule is C=CCSC1=NN2C(=c3ccccc3=N[C@@H]2c2ccc(N(CC)CC)cc2)C(=O)N1. The first-order chi connectivity index (χ1) is 14.7. The molecule has 0 fully saturated rings. The van der Waals surface area contributed by atoms with Crippen LogP contribution in [0.15, 0.2) is 71.3 Å². The fourth-order valence-electron chi connectivity index (χ4n) is 3.69. The minimum Gasteiger partial charge on any atom is -0.372 e. The molecule has 0 saturated carbocycles. The molecule has 1 atom stereocenters. The maximum absolute atomic E-state index is 13.0. The maximum atomic E-state index is 13.0. The molecule has 0 saturated heterocycles. The van der Waals surface area contributed by atoms with E-state index < -0.39 is 6.17 Å². The first-order valence-corrected chi connectivity index (χ1v) is 11.1. The zero-order chi connectivity index (χ0) is 21.1. The molecule has 2 heterocycles. The van der Waals surface area contributed by atoms with Crippen molar-refractivity contribution in [2.24, 2.45) is 10.1 Å². The molecule has 0 aliphatic carbocycles. The third-order valence-corrected chi connectivity index (χ3v) is 6.03. The average Bonchev–Trinajstić information content (AvgIpc) is 2.78. The lowest BCUT2D eigenvalue weighted by Crippen LogP contribution is -2.50. The lowest BCUT2D eigenvalue weighted by atomic mass is 10.1. The van der Waals surface area contributed by atoms with Gasteiger partial charge in [0.25, 0.3) is 5.91 Å².